The van der Waals surface area contributed by atoms with Crippen molar-refractivity contribution in [1.29, 1.82) is 0 Å². The van der Waals surface area contributed by atoms with E-state index >= 15 is 0 Å². The first-order chi connectivity index (χ1) is 14.8. The highest BCUT2D eigenvalue weighted by Crippen LogP contribution is 2.46. The standard InChI is InChI=1S/C21H17ClF3N3O2S/c22-14-4-2-1-3-12(14)15-11-31-20(27-15)17-16(28-7-9-30-10-8-28)6-5-13(19(26)29)18(17)21(23,24)25/h1-6,11H,7-10H2,(H2,26,29). The van der Waals surface area contributed by atoms with Crippen molar-refractivity contribution in [3.63, 3.8) is 0 Å². The molecule has 2 N–H and O–H groups in total. The van der Waals surface area contributed by atoms with Crippen LogP contribution in [0.1, 0.15) is 15.9 Å². The molecule has 1 aromatic heterocycles. The maximum atomic E-state index is 14.2. The van der Waals surface area contributed by atoms with E-state index in [0.29, 0.717) is 48.3 Å². The normalized spacial score (nSPS) is 14.6. The predicted octanol–water partition coefficient (Wildman–Crippen LogP) is 5.08. The molecular formula is C21H17ClF3N3O2S. The van der Waals surface area contributed by atoms with E-state index in [9.17, 15) is 18.0 Å². The van der Waals surface area contributed by atoms with Crippen molar-refractivity contribution in [1.82, 2.24) is 4.98 Å². The molecule has 1 fully saturated rings. The predicted molar refractivity (Wildman–Crippen MR) is 115 cm³/mol. The second-order valence-electron chi connectivity index (χ2n) is 6.86. The van der Waals surface area contributed by atoms with Crippen LogP contribution in [-0.4, -0.2) is 37.2 Å². The first-order valence-corrected chi connectivity index (χ1v) is 10.6. The number of hydrogen-bond acceptors (Lipinski definition) is 5. The van der Waals surface area contributed by atoms with Gasteiger partial charge in [0, 0.05) is 40.3 Å². The molecule has 5 nitrogen and oxygen atoms in total. The fourth-order valence-electron chi connectivity index (χ4n) is 3.56. The van der Waals surface area contributed by atoms with Gasteiger partial charge in [-0.15, -0.1) is 11.3 Å². The molecule has 1 aliphatic heterocycles. The number of nitrogens with two attached hydrogens (primary N) is 1. The maximum Gasteiger partial charge on any atom is 0.417 e. The second kappa shape index (κ2) is 8.49. The third kappa shape index (κ3) is 4.26. The van der Waals surface area contributed by atoms with Gasteiger partial charge in [0.15, 0.2) is 0 Å². The summed E-state index contributed by atoms with van der Waals surface area (Å²) in [4.78, 5) is 18.1. The SMILES string of the molecule is NC(=O)c1ccc(N2CCOCC2)c(-c2nc(-c3ccccc3Cl)cs2)c1C(F)(F)F. The number of morpholine rings is 1. The number of alkyl halides is 3. The Bertz CT molecular complexity index is 1130. The minimum atomic E-state index is -4.81. The number of amides is 1. The van der Waals surface area contributed by atoms with Crippen LogP contribution in [0.25, 0.3) is 21.8 Å². The molecule has 2 aromatic carbocycles. The summed E-state index contributed by atoms with van der Waals surface area (Å²) in [6, 6.07) is 9.58. The van der Waals surface area contributed by atoms with Crippen LogP contribution in [0.4, 0.5) is 18.9 Å². The Morgan fingerprint density at radius 2 is 1.87 bits per heavy atom. The van der Waals surface area contributed by atoms with Crippen LogP contribution in [0, 0.1) is 0 Å². The van der Waals surface area contributed by atoms with E-state index in [0.717, 1.165) is 17.4 Å². The number of anilines is 1. The van der Waals surface area contributed by atoms with Gasteiger partial charge in [-0.1, -0.05) is 29.8 Å². The molecule has 10 heteroatoms. The molecule has 2 heterocycles. The van der Waals surface area contributed by atoms with Crippen molar-refractivity contribution in [2.24, 2.45) is 5.73 Å². The maximum absolute atomic E-state index is 14.2. The number of ether oxygens (including phenoxy) is 1. The summed E-state index contributed by atoms with van der Waals surface area (Å²) < 4.78 is 47.9. The van der Waals surface area contributed by atoms with Crippen LogP contribution in [0.2, 0.25) is 5.02 Å². The van der Waals surface area contributed by atoms with Gasteiger partial charge in [0.25, 0.3) is 0 Å². The molecule has 1 amide bonds. The number of carbonyl (C=O) groups is 1. The van der Waals surface area contributed by atoms with E-state index in [4.69, 9.17) is 22.1 Å². The van der Waals surface area contributed by atoms with Crippen LogP contribution < -0.4 is 10.6 Å². The van der Waals surface area contributed by atoms with Crippen molar-refractivity contribution in [3.8, 4) is 21.8 Å². The van der Waals surface area contributed by atoms with E-state index in [2.05, 4.69) is 4.98 Å². The number of halogens is 4. The highest BCUT2D eigenvalue weighted by Gasteiger charge is 2.40. The second-order valence-corrected chi connectivity index (χ2v) is 8.13. The lowest BCUT2D eigenvalue weighted by atomic mass is 9.97. The highest BCUT2D eigenvalue weighted by molar-refractivity contribution is 7.13. The number of primary amides is 1. The first-order valence-electron chi connectivity index (χ1n) is 9.35. The number of aromatic nitrogens is 1. The Labute approximate surface area is 185 Å². The molecule has 1 aliphatic rings. The van der Waals surface area contributed by atoms with Crippen molar-refractivity contribution in [3.05, 3.63) is 57.9 Å². The van der Waals surface area contributed by atoms with Gasteiger partial charge in [0.1, 0.15) is 5.01 Å². The Hall–Kier alpha value is -2.62. The van der Waals surface area contributed by atoms with Gasteiger partial charge in [0.2, 0.25) is 5.91 Å². The Kier molecular flexibility index (Phi) is 5.92. The van der Waals surface area contributed by atoms with Gasteiger partial charge in [-0.3, -0.25) is 4.79 Å². The molecular weight excluding hydrogens is 451 g/mol. The topological polar surface area (TPSA) is 68.5 Å². The number of hydrogen-bond donors (Lipinski definition) is 1. The van der Waals surface area contributed by atoms with Crippen LogP contribution in [-0.2, 0) is 10.9 Å². The molecule has 0 saturated carbocycles. The summed E-state index contributed by atoms with van der Waals surface area (Å²) in [6.45, 7) is 1.62. The monoisotopic (exact) mass is 467 g/mol. The smallest absolute Gasteiger partial charge is 0.378 e. The quantitative estimate of drug-likeness (QED) is 0.580. The lowest BCUT2D eigenvalue weighted by molar-refractivity contribution is -0.137. The van der Waals surface area contributed by atoms with Crippen molar-refractivity contribution in [2.75, 3.05) is 31.2 Å². The van der Waals surface area contributed by atoms with Crippen LogP contribution in [0.3, 0.4) is 0 Å². The van der Waals surface area contributed by atoms with Gasteiger partial charge in [-0.05, 0) is 18.2 Å². The average Bonchev–Trinajstić information content (AvgIpc) is 3.22. The molecule has 0 radical (unpaired) electrons. The van der Waals surface area contributed by atoms with Gasteiger partial charge in [-0.25, -0.2) is 4.98 Å². The van der Waals surface area contributed by atoms with Gasteiger partial charge >= 0.3 is 6.18 Å². The minimum absolute atomic E-state index is 0.131. The summed E-state index contributed by atoms with van der Waals surface area (Å²) in [5.41, 5.74) is 4.87. The Balaban J connectivity index is 1.95. The van der Waals surface area contributed by atoms with Crippen LogP contribution in [0.5, 0.6) is 0 Å². The lowest BCUT2D eigenvalue weighted by Crippen LogP contribution is -2.37. The molecule has 4 rings (SSSR count). The summed E-state index contributed by atoms with van der Waals surface area (Å²) in [5, 5.41) is 2.22. The molecule has 0 spiro atoms. The van der Waals surface area contributed by atoms with Crippen LogP contribution in [0.15, 0.2) is 41.8 Å². The number of carbonyl (C=O) groups excluding carboxylic acids is 1. The highest BCUT2D eigenvalue weighted by atomic mass is 35.5. The Morgan fingerprint density at radius 1 is 1.16 bits per heavy atom. The molecule has 0 atom stereocenters. The minimum Gasteiger partial charge on any atom is -0.378 e. The largest absolute Gasteiger partial charge is 0.417 e. The van der Waals surface area contributed by atoms with E-state index in [1.807, 2.05) is 0 Å². The van der Waals surface area contributed by atoms with E-state index in [1.54, 1.807) is 34.5 Å². The van der Waals surface area contributed by atoms with E-state index in [-0.39, 0.29) is 10.6 Å². The summed E-state index contributed by atoms with van der Waals surface area (Å²) in [6.07, 6.45) is -4.81. The summed E-state index contributed by atoms with van der Waals surface area (Å²) in [7, 11) is 0. The van der Waals surface area contributed by atoms with Gasteiger partial charge < -0.3 is 15.4 Å². The molecule has 1 saturated heterocycles. The number of thiazole rings is 1. The molecule has 31 heavy (non-hydrogen) atoms. The summed E-state index contributed by atoms with van der Waals surface area (Å²) in [5.74, 6) is -1.15. The van der Waals surface area contributed by atoms with Crippen molar-refractivity contribution in [2.45, 2.75) is 6.18 Å². The number of nitrogens with zero attached hydrogens (tertiary/aromatic N) is 2. The van der Waals surface area contributed by atoms with Crippen LogP contribution >= 0.6 is 22.9 Å². The Morgan fingerprint density at radius 3 is 2.52 bits per heavy atom. The fourth-order valence-corrected chi connectivity index (χ4v) is 4.67. The third-order valence-electron chi connectivity index (χ3n) is 4.95. The average molecular weight is 468 g/mol. The zero-order valence-corrected chi connectivity index (χ0v) is 17.7. The number of benzene rings is 2. The number of rotatable bonds is 4. The first kappa shape index (κ1) is 21.6. The third-order valence-corrected chi connectivity index (χ3v) is 6.14. The molecule has 0 bridgehead atoms. The summed E-state index contributed by atoms with van der Waals surface area (Å²) >= 11 is 7.29. The lowest BCUT2D eigenvalue weighted by Gasteiger charge is -2.31. The molecule has 3 aromatic rings. The van der Waals surface area contributed by atoms with Gasteiger partial charge in [0.05, 0.1) is 30.0 Å². The van der Waals surface area contributed by atoms with E-state index < -0.39 is 23.2 Å². The fraction of sp³-hybridized carbons (Fsp3) is 0.238. The van der Waals surface area contributed by atoms with Crippen molar-refractivity contribution >= 4 is 34.5 Å². The molecule has 162 valence electrons. The van der Waals surface area contributed by atoms with Gasteiger partial charge in [-0.2, -0.15) is 13.2 Å². The van der Waals surface area contributed by atoms with Crippen molar-refractivity contribution < 1.29 is 22.7 Å². The zero-order valence-electron chi connectivity index (χ0n) is 16.1. The zero-order chi connectivity index (χ0) is 22.2. The van der Waals surface area contributed by atoms with E-state index in [1.165, 1.54) is 6.07 Å². The molecule has 0 aliphatic carbocycles. The molecule has 0 unspecified atom stereocenters.